The van der Waals surface area contributed by atoms with E-state index in [1.54, 1.807) is 17.2 Å². The number of rotatable bonds is 5. The Labute approximate surface area is 116 Å². The van der Waals surface area contributed by atoms with Gasteiger partial charge in [0.15, 0.2) is 0 Å². The Hall–Kier alpha value is -1.12. The first-order valence-electron chi connectivity index (χ1n) is 6.02. The molecule has 0 saturated carbocycles. The van der Waals surface area contributed by atoms with Gasteiger partial charge < -0.3 is 10.6 Å². The van der Waals surface area contributed by atoms with Crippen molar-refractivity contribution >= 4 is 33.0 Å². The fourth-order valence-corrected chi connectivity index (χ4v) is 4.39. The van der Waals surface area contributed by atoms with Crippen LogP contribution in [0.3, 0.4) is 0 Å². The third kappa shape index (κ3) is 3.46. The van der Waals surface area contributed by atoms with E-state index in [9.17, 15) is 13.2 Å². The molecule has 106 valence electrons. The van der Waals surface area contributed by atoms with Gasteiger partial charge in [0, 0.05) is 36.6 Å². The van der Waals surface area contributed by atoms with Crippen LogP contribution in [-0.4, -0.2) is 38.4 Å². The molecule has 19 heavy (non-hydrogen) atoms. The van der Waals surface area contributed by atoms with Gasteiger partial charge in [0.05, 0.1) is 0 Å². The van der Waals surface area contributed by atoms with E-state index in [-0.39, 0.29) is 16.2 Å². The average molecular weight is 303 g/mol. The molecular formula is C11H17N3O3S2. The highest BCUT2D eigenvalue weighted by Crippen LogP contribution is 2.21. The second-order valence-electron chi connectivity index (χ2n) is 4.66. The van der Waals surface area contributed by atoms with Crippen LogP contribution in [-0.2, 0) is 14.8 Å². The predicted molar refractivity (Wildman–Crippen MR) is 74.3 cm³/mol. The van der Waals surface area contributed by atoms with Crippen LogP contribution in [0.15, 0.2) is 15.7 Å². The molecule has 1 aliphatic rings. The number of hydrogen-bond donors (Lipinski definition) is 2. The number of nitrogens with zero attached hydrogens (tertiary/aromatic N) is 1. The molecule has 8 heteroatoms. The molecule has 1 aliphatic heterocycles. The van der Waals surface area contributed by atoms with Gasteiger partial charge in [0.1, 0.15) is 4.21 Å². The van der Waals surface area contributed by atoms with E-state index < -0.39 is 10.0 Å². The Balaban J connectivity index is 1.98. The van der Waals surface area contributed by atoms with Crippen LogP contribution in [0.25, 0.3) is 0 Å². The first-order valence-corrected chi connectivity index (χ1v) is 8.39. The van der Waals surface area contributed by atoms with E-state index >= 15 is 0 Å². The van der Waals surface area contributed by atoms with Gasteiger partial charge in [-0.1, -0.05) is 0 Å². The molecule has 1 unspecified atom stereocenters. The van der Waals surface area contributed by atoms with E-state index in [0.29, 0.717) is 25.2 Å². The molecule has 0 bridgehead atoms. The van der Waals surface area contributed by atoms with Crippen molar-refractivity contribution in [3.05, 3.63) is 11.4 Å². The van der Waals surface area contributed by atoms with Crippen LogP contribution >= 0.6 is 11.3 Å². The summed E-state index contributed by atoms with van der Waals surface area (Å²) in [5, 5.41) is 1.59. The highest BCUT2D eigenvalue weighted by atomic mass is 32.2. The number of amides is 1. The number of nitrogens with one attached hydrogen (secondary N) is 1. The number of carbonyl (C=O) groups is 1. The minimum Gasteiger partial charge on any atom is -0.398 e. The van der Waals surface area contributed by atoms with Gasteiger partial charge in [-0.15, -0.1) is 11.3 Å². The number of sulfonamides is 1. The number of carbonyl (C=O) groups excluding carboxylic acids is 1. The lowest BCUT2D eigenvalue weighted by Gasteiger charge is -2.21. The van der Waals surface area contributed by atoms with Gasteiger partial charge in [-0.05, 0) is 19.4 Å². The molecule has 1 fully saturated rings. The molecule has 3 N–H and O–H groups in total. The second-order valence-corrected chi connectivity index (χ2v) is 7.52. The Morgan fingerprint density at radius 1 is 1.58 bits per heavy atom. The third-order valence-corrected chi connectivity index (χ3v) is 5.93. The molecular weight excluding hydrogens is 286 g/mol. The highest BCUT2D eigenvalue weighted by Gasteiger charge is 2.25. The molecule has 0 aliphatic carbocycles. The lowest BCUT2D eigenvalue weighted by atomic mass is 10.3. The highest BCUT2D eigenvalue weighted by molar-refractivity contribution is 7.91. The molecule has 1 amide bonds. The minimum atomic E-state index is -3.55. The molecule has 0 aromatic carbocycles. The van der Waals surface area contributed by atoms with Gasteiger partial charge in [-0.25, -0.2) is 13.1 Å². The van der Waals surface area contributed by atoms with Crippen molar-refractivity contribution in [2.24, 2.45) is 0 Å². The van der Waals surface area contributed by atoms with Crippen molar-refractivity contribution < 1.29 is 13.2 Å². The quantitative estimate of drug-likeness (QED) is 0.834. The van der Waals surface area contributed by atoms with Gasteiger partial charge in [-0.2, -0.15) is 0 Å². The molecule has 2 rings (SSSR count). The van der Waals surface area contributed by atoms with Crippen LogP contribution in [0.5, 0.6) is 0 Å². The van der Waals surface area contributed by atoms with Crippen molar-refractivity contribution in [3.8, 4) is 0 Å². The Morgan fingerprint density at radius 3 is 2.84 bits per heavy atom. The normalized spacial score (nSPS) is 17.9. The minimum absolute atomic E-state index is 0.0893. The second kappa shape index (κ2) is 5.48. The topological polar surface area (TPSA) is 92.5 Å². The maximum Gasteiger partial charge on any atom is 0.250 e. The van der Waals surface area contributed by atoms with Crippen molar-refractivity contribution in [1.82, 2.24) is 9.62 Å². The Morgan fingerprint density at radius 2 is 2.32 bits per heavy atom. The lowest BCUT2D eigenvalue weighted by molar-refractivity contribution is -0.127. The van der Waals surface area contributed by atoms with Gasteiger partial charge >= 0.3 is 0 Å². The zero-order valence-corrected chi connectivity index (χ0v) is 12.3. The summed E-state index contributed by atoms with van der Waals surface area (Å²) in [5.74, 6) is 0.0893. The summed E-state index contributed by atoms with van der Waals surface area (Å²) in [7, 11) is -3.55. The lowest BCUT2D eigenvalue weighted by Crippen LogP contribution is -2.42. The summed E-state index contributed by atoms with van der Waals surface area (Å²) in [6, 6.07) is 1.11. The summed E-state index contributed by atoms with van der Waals surface area (Å²) < 4.78 is 26.9. The predicted octanol–water partition coefficient (Wildman–Crippen LogP) is 0.620. The van der Waals surface area contributed by atoms with Crippen molar-refractivity contribution in [1.29, 1.82) is 0 Å². The van der Waals surface area contributed by atoms with Crippen LogP contribution in [0.1, 0.15) is 19.8 Å². The van der Waals surface area contributed by atoms with Gasteiger partial charge in [-0.3, -0.25) is 4.79 Å². The van der Waals surface area contributed by atoms with E-state index in [1.807, 2.05) is 0 Å². The number of thiophene rings is 1. The van der Waals surface area contributed by atoms with Crippen LogP contribution < -0.4 is 10.5 Å². The molecule has 1 atom stereocenters. The maximum absolute atomic E-state index is 12.1. The number of anilines is 1. The summed E-state index contributed by atoms with van der Waals surface area (Å²) in [6.45, 7) is 2.86. The van der Waals surface area contributed by atoms with Crippen molar-refractivity contribution in [2.45, 2.75) is 30.0 Å². The van der Waals surface area contributed by atoms with Crippen molar-refractivity contribution in [2.75, 3.05) is 18.8 Å². The number of nitrogen functional groups attached to an aromatic ring is 1. The molecule has 6 nitrogen and oxygen atoms in total. The SMILES string of the molecule is CC(CN1CCCC1=O)NS(=O)(=O)c1cc(N)cs1. The average Bonchev–Trinajstić information content (AvgIpc) is 2.88. The molecule has 2 heterocycles. The number of likely N-dealkylation sites (tertiary alicyclic amines) is 1. The Kier molecular flexibility index (Phi) is 4.12. The zero-order valence-electron chi connectivity index (χ0n) is 10.6. The first kappa shape index (κ1) is 14.3. The molecule has 0 spiro atoms. The first-order chi connectivity index (χ1) is 8.88. The van der Waals surface area contributed by atoms with Gasteiger partial charge in [0.2, 0.25) is 15.9 Å². The summed E-state index contributed by atoms with van der Waals surface area (Å²) in [5.41, 5.74) is 5.96. The third-order valence-electron chi connectivity index (χ3n) is 2.88. The van der Waals surface area contributed by atoms with Crippen LogP contribution in [0.4, 0.5) is 5.69 Å². The standard InChI is InChI=1S/C11H17N3O3S2/c1-8(6-14-4-2-3-10(14)15)13-19(16,17)11-5-9(12)7-18-11/h5,7-8,13H,2-4,6,12H2,1H3. The van der Waals surface area contributed by atoms with Gasteiger partial charge in [0.25, 0.3) is 0 Å². The Bertz CT molecular complexity index is 567. The van der Waals surface area contributed by atoms with E-state index in [1.165, 1.54) is 6.07 Å². The maximum atomic E-state index is 12.1. The molecule has 1 saturated heterocycles. The molecule has 1 aromatic heterocycles. The van der Waals surface area contributed by atoms with Crippen molar-refractivity contribution in [3.63, 3.8) is 0 Å². The summed E-state index contributed by atoms with van der Waals surface area (Å²) in [6.07, 6.45) is 1.40. The van der Waals surface area contributed by atoms with Crippen LogP contribution in [0, 0.1) is 0 Å². The summed E-state index contributed by atoms with van der Waals surface area (Å²) >= 11 is 1.09. The van der Waals surface area contributed by atoms with E-state index in [2.05, 4.69) is 4.72 Å². The van der Waals surface area contributed by atoms with E-state index in [0.717, 1.165) is 17.8 Å². The fraction of sp³-hybridized carbons (Fsp3) is 0.545. The monoisotopic (exact) mass is 303 g/mol. The molecule has 0 radical (unpaired) electrons. The largest absolute Gasteiger partial charge is 0.398 e. The fourth-order valence-electron chi connectivity index (χ4n) is 2.06. The van der Waals surface area contributed by atoms with E-state index in [4.69, 9.17) is 5.73 Å². The zero-order chi connectivity index (χ0) is 14.0. The molecule has 1 aromatic rings. The smallest absolute Gasteiger partial charge is 0.250 e. The number of hydrogen-bond acceptors (Lipinski definition) is 5. The number of nitrogens with two attached hydrogens (primary N) is 1. The summed E-state index contributed by atoms with van der Waals surface area (Å²) in [4.78, 5) is 13.2. The van der Waals surface area contributed by atoms with Crippen LogP contribution in [0.2, 0.25) is 0 Å².